The van der Waals surface area contributed by atoms with Crippen LogP contribution >= 0.6 is 12.4 Å². The van der Waals surface area contributed by atoms with Crippen LogP contribution in [-0.2, 0) is 18.4 Å². The maximum Gasteiger partial charge on any atom is 0.227 e. The molecular weight excluding hydrogens is 358 g/mol. The van der Waals surface area contributed by atoms with Crippen LogP contribution in [0.25, 0.3) is 0 Å². The van der Waals surface area contributed by atoms with Crippen LogP contribution in [0, 0.1) is 0 Å². The van der Waals surface area contributed by atoms with Crippen molar-refractivity contribution in [1.82, 2.24) is 10.1 Å². The molecule has 144 valence electrons. The molecule has 7 nitrogen and oxygen atoms in total. The zero-order chi connectivity index (χ0) is 17.9. The van der Waals surface area contributed by atoms with Crippen LogP contribution in [0.5, 0.6) is 17.2 Å². The highest BCUT2D eigenvalue weighted by molar-refractivity contribution is 5.85. The zero-order valence-electron chi connectivity index (χ0n) is 15.4. The number of aryl methyl sites for hydroxylation is 2. The number of rotatable bonds is 7. The molecule has 0 saturated heterocycles. The van der Waals surface area contributed by atoms with Crippen LogP contribution in [0.4, 0.5) is 0 Å². The lowest BCUT2D eigenvalue weighted by Crippen LogP contribution is -2.34. The molecule has 1 aliphatic carbocycles. The molecule has 0 amide bonds. The zero-order valence-corrected chi connectivity index (χ0v) is 16.2. The maximum absolute atomic E-state index is 6.38. The van der Waals surface area contributed by atoms with Crippen LogP contribution in [0.1, 0.15) is 43.0 Å². The summed E-state index contributed by atoms with van der Waals surface area (Å²) in [5.41, 5.74) is 6.99. The molecule has 1 fully saturated rings. The van der Waals surface area contributed by atoms with Gasteiger partial charge < -0.3 is 24.5 Å². The molecule has 1 aliphatic rings. The molecule has 0 unspecified atom stereocenters. The van der Waals surface area contributed by atoms with Gasteiger partial charge in [0.15, 0.2) is 17.3 Å². The van der Waals surface area contributed by atoms with E-state index in [1.165, 1.54) is 0 Å². The second-order valence-corrected chi connectivity index (χ2v) is 6.41. The fourth-order valence-corrected chi connectivity index (χ4v) is 3.32. The average molecular weight is 384 g/mol. The number of nitrogens with two attached hydrogens (primary N) is 1. The Morgan fingerprint density at radius 1 is 1.04 bits per heavy atom. The Balaban J connectivity index is 0.00000243. The topological polar surface area (TPSA) is 92.6 Å². The SMILES string of the molecule is COc1cc(CCc2nc(C3(N)CCCC3)no2)cc(OC)c1OC.Cl. The summed E-state index contributed by atoms with van der Waals surface area (Å²) in [7, 11) is 4.80. The van der Waals surface area contributed by atoms with Crippen molar-refractivity contribution in [1.29, 1.82) is 0 Å². The summed E-state index contributed by atoms with van der Waals surface area (Å²) in [6.07, 6.45) is 5.41. The summed E-state index contributed by atoms with van der Waals surface area (Å²) in [5, 5.41) is 4.10. The van der Waals surface area contributed by atoms with Gasteiger partial charge in [-0.1, -0.05) is 18.0 Å². The molecule has 26 heavy (non-hydrogen) atoms. The minimum Gasteiger partial charge on any atom is -0.493 e. The molecule has 1 saturated carbocycles. The van der Waals surface area contributed by atoms with Crippen molar-refractivity contribution in [2.24, 2.45) is 5.73 Å². The predicted molar refractivity (Wildman–Crippen MR) is 99.4 cm³/mol. The van der Waals surface area contributed by atoms with Crippen molar-refractivity contribution in [2.45, 2.75) is 44.1 Å². The molecule has 0 spiro atoms. The van der Waals surface area contributed by atoms with E-state index in [0.717, 1.165) is 37.7 Å². The molecular formula is C18H26ClN3O4. The number of halogens is 1. The van der Waals surface area contributed by atoms with Crippen LogP contribution in [0.3, 0.4) is 0 Å². The maximum atomic E-state index is 6.38. The van der Waals surface area contributed by atoms with Gasteiger partial charge in [0.1, 0.15) is 0 Å². The van der Waals surface area contributed by atoms with Gasteiger partial charge >= 0.3 is 0 Å². The number of hydrogen-bond donors (Lipinski definition) is 1. The van der Waals surface area contributed by atoms with E-state index in [1.807, 2.05) is 12.1 Å². The number of benzene rings is 1. The van der Waals surface area contributed by atoms with Gasteiger partial charge in [-0.25, -0.2) is 0 Å². The summed E-state index contributed by atoms with van der Waals surface area (Å²) in [6, 6.07) is 3.86. The van der Waals surface area contributed by atoms with Crippen molar-refractivity contribution >= 4 is 12.4 Å². The lowest BCUT2D eigenvalue weighted by Gasteiger charge is -2.17. The minimum atomic E-state index is -0.422. The Labute approximate surface area is 159 Å². The molecule has 3 rings (SSSR count). The van der Waals surface area contributed by atoms with Gasteiger partial charge in [0, 0.05) is 6.42 Å². The molecule has 8 heteroatoms. The second-order valence-electron chi connectivity index (χ2n) is 6.41. The molecule has 2 aromatic rings. The smallest absolute Gasteiger partial charge is 0.227 e. The number of ether oxygens (including phenoxy) is 3. The standard InChI is InChI=1S/C18H25N3O4.ClH/c1-22-13-10-12(11-14(23-2)16(13)24-3)6-7-15-20-17(21-25-15)18(19)8-4-5-9-18;/h10-11H,4-9,19H2,1-3H3;1H. The monoisotopic (exact) mass is 383 g/mol. The Morgan fingerprint density at radius 3 is 2.19 bits per heavy atom. The first kappa shape index (κ1) is 20.3. The molecule has 0 radical (unpaired) electrons. The van der Waals surface area contributed by atoms with Crippen LogP contribution < -0.4 is 19.9 Å². The first-order valence-electron chi connectivity index (χ1n) is 8.50. The second kappa shape index (κ2) is 8.60. The molecule has 2 N–H and O–H groups in total. The molecule has 0 atom stereocenters. The van der Waals surface area contributed by atoms with Crippen LogP contribution in [-0.4, -0.2) is 31.5 Å². The third-order valence-electron chi connectivity index (χ3n) is 4.76. The molecule has 1 aromatic carbocycles. The first-order valence-corrected chi connectivity index (χ1v) is 8.50. The Morgan fingerprint density at radius 2 is 1.65 bits per heavy atom. The van der Waals surface area contributed by atoms with E-state index >= 15 is 0 Å². The summed E-state index contributed by atoms with van der Waals surface area (Å²) in [5.74, 6) is 3.08. The van der Waals surface area contributed by atoms with E-state index in [9.17, 15) is 0 Å². The van der Waals surface area contributed by atoms with Gasteiger partial charge in [-0.3, -0.25) is 0 Å². The van der Waals surface area contributed by atoms with Crippen molar-refractivity contribution in [3.05, 3.63) is 29.4 Å². The van der Waals surface area contributed by atoms with Crippen molar-refractivity contribution in [2.75, 3.05) is 21.3 Å². The Kier molecular flexibility index (Phi) is 6.72. The van der Waals surface area contributed by atoms with Gasteiger partial charge in [0.25, 0.3) is 0 Å². The van der Waals surface area contributed by atoms with E-state index < -0.39 is 5.54 Å². The third kappa shape index (κ3) is 4.04. The third-order valence-corrected chi connectivity index (χ3v) is 4.76. The fourth-order valence-electron chi connectivity index (χ4n) is 3.32. The lowest BCUT2D eigenvalue weighted by molar-refractivity contribution is 0.323. The van der Waals surface area contributed by atoms with Crippen LogP contribution in [0.15, 0.2) is 16.7 Å². The summed E-state index contributed by atoms with van der Waals surface area (Å²) in [6.45, 7) is 0. The van der Waals surface area contributed by atoms with E-state index in [2.05, 4.69) is 10.1 Å². The van der Waals surface area contributed by atoms with Crippen molar-refractivity contribution in [3.8, 4) is 17.2 Å². The van der Waals surface area contributed by atoms with E-state index in [4.69, 9.17) is 24.5 Å². The van der Waals surface area contributed by atoms with Gasteiger partial charge in [-0.05, 0) is 37.0 Å². The van der Waals surface area contributed by atoms with Gasteiger partial charge in [0.2, 0.25) is 11.6 Å². The van der Waals surface area contributed by atoms with E-state index in [1.54, 1.807) is 21.3 Å². The highest BCUT2D eigenvalue weighted by Gasteiger charge is 2.35. The van der Waals surface area contributed by atoms with E-state index in [0.29, 0.717) is 35.4 Å². The van der Waals surface area contributed by atoms with Gasteiger partial charge in [-0.15, -0.1) is 12.4 Å². The van der Waals surface area contributed by atoms with Gasteiger partial charge in [0.05, 0.1) is 26.9 Å². The summed E-state index contributed by atoms with van der Waals surface area (Å²) < 4.78 is 21.5. The number of nitrogens with zero attached hydrogens (tertiary/aromatic N) is 2. The molecule has 1 aromatic heterocycles. The highest BCUT2D eigenvalue weighted by atomic mass is 35.5. The normalized spacial score (nSPS) is 15.4. The predicted octanol–water partition coefficient (Wildman–Crippen LogP) is 3.03. The molecule has 0 bridgehead atoms. The number of aromatic nitrogens is 2. The highest BCUT2D eigenvalue weighted by Crippen LogP contribution is 2.38. The van der Waals surface area contributed by atoms with Crippen LogP contribution in [0.2, 0.25) is 0 Å². The van der Waals surface area contributed by atoms with Crippen molar-refractivity contribution < 1.29 is 18.7 Å². The summed E-state index contributed by atoms with van der Waals surface area (Å²) in [4.78, 5) is 4.51. The number of methoxy groups -OCH3 is 3. The lowest BCUT2D eigenvalue weighted by atomic mass is 9.99. The van der Waals surface area contributed by atoms with Gasteiger partial charge in [-0.2, -0.15) is 4.98 Å². The molecule has 0 aliphatic heterocycles. The van der Waals surface area contributed by atoms with Crippen molar-refractivity contribution in [3.63, 3.8) is 0 Å². The average Bonchev–Trinajstić information content (AvgIpc) is 3.29. The molecule has 1 heterocycles. The largest absolute Gasteiger partial charge is 0.493 e. The Hall–Kier alpha value is -1.99. The first-order chi connectivity index (χ1) is 12.1. The Bertz CT molecular complexity index is 704. The fraction of sp³-hybridized carbons (Fsp3) is 0.556. The number of hydrogen-bond acceptors (Lipinski definition) is 7. The minimum absolute atomic E-state index is 0. The quantitative estimate of drug-likeness (QED) is 0.785. The summed E-state index contributed by atoms with van der Waals surface area (Å²) >= 11 is 0. The van der Waals surface area contributed by atoms with E-state index in [-0.39, 0.29) is 12.4 Å².